The van der Waals surface area contributed by atoms with E-state index in [9.17, 15) is 0 Å². The Morgan fingerprint density at radius 2 is 2.27 bits per heavy atom. The summed E-state index contributed by atoms with van der Waals surface area (Å²) in [5.41, 5.74) is 7.81. The van der Waals surface area contributed by atoms with Gasteiger partial charge in [0.05, 0.1) is 5.69 Å². The molecule has 4 heteroatoms. The van der Waals surface area contributed by atoms with E-state index in [1.54, 1.807) is 13.2 Å². The van der Waals surface area contributed by atoms with Gasteiger partial charge >= 0.3 is 0 Å². The second-order valence-corrected chi connectivity index (χ2v) is 2.35. The van der Waals surface area contributed by atoms with Gasteiger partial charge in [0.15, 0.2) is 0 Å². The van der Waals surface area contributed by atoms with E-state index in [0.29, 0.717) is 17.0 Å². The highest BCUT2D eigenvalue weighted by molar-refractivity contribution is 6.33. The summed E-state index contributed by atoms with van der Waals surface area (Å²) in [6.07, 6.45) is 1.59. The molecule has 0 amide bonds. The molecule has 0 aliphatic rings. The zero-order valence-corrected chi connectivity index (χ0v) is 6.68. The van der Waals surface area contributed by atoms with Gasteiger partial charge in [0.25, 0.3) is 0 Å². The second-order valence-electron chi connectivity index (χ2n) is 2.35. The Bertz CT molecular complexity index is 273. The molecule has 0 bridgehead atoms. The van der Waals surface area contributed by atoms with Crippen LogP contribution < -0.4 is 16.5 Å². The highest BCUT2D eigenvalue weighted by Crippen LogP contribution is 2.15. The maximum Gasteiger partial charge on any atom is 0.149 e. The fourth-order valence-electron chi connectivity index (χ4n) is 0.833. The molecular formula is C7H10BN3. The highest BCUT2D eigenvalue weighted by atomic mass is 15.0. The van der Waals surface area contributed by atoms with Crippen LogP contribution >= 0.6 is 0 Å². The van der Waals surface area contributed by atoms with E-state index in [4.69, 9.17) is 13.6 Å². The number of pyridine rings is 1. The van der Waals surface area contributed by atoms with Gasteiger partial charge in [0.2, 0.25) is 0 Å². The zero-order valence-electron chi connectivity index (χ0n) is 6.68. The summed E-state index contributed by atoms with van der Waals surface area (Å²) >= 11 is 0. The highest BCUT2D eigenvalue weighted by Gasteiger charge is 2.02. The Labute approximate surface area is 67.4 Å². The molecule has 0 saturated carbocycles. The summed E-state index contributed by atoms with van der Waals surface area (Å²) in [4.78, 5) is 4.00. The van der Waals surface area contributed by atoms with Crippen LogP contribution in [0.4, 0.5) is 11.5 Å². The molecule has 3 N–H and O–H groups in total. The van der Waals surface area contributed by atoms with Crippen molar-refractivity contribution >= 4 is 24.8 Å². The molecule has 0 spiro atoms. The number of rotatable bonds is 1. The molecule has 3 nitrogen and oxygen atoms in total. The van der Waals surface area contributed by atoms with Crippen molar-refractivity contribution in [2.75, 3.05) is 18.1 Å². The third-order valence-electron chi connectivity index (χ3n) is 1.66. The summed E-state index contributed by atoms with van der Waals surface area (Å²) in [6, 6.07) is 0. The molecule has 1 aromatic heterocycles. The van der Waals surface area contributed by atoms with E-state index in [-0.39, 0.29) is 0 Å². The topological polar surface area (TPSA) is 50.9 Å². The molecule has 0 unspecified atom stereocenters. The monoisotopic (exact) mass is 147 g/mol. The molecule has 0 saturated heterocycles. The Morgan fingerprint density at radius 3 is 2.82 bits per heavy atom. The van der Waals surface area contributed by atoms with E-state index < -0.39 is 0 Å². The largest absolute Gasteiger partial charge is 0.396 e. The molecular weight excluding hydrogens is 137 g/mol. The quantitative estimate of drug-likeness (QED) is 0.541. The van der Waals surface area contributed by atoms with Gasteiger partial charge in [-0.3, -0.25) is 0 Å². The number of aromatic nitrogens is 1. The van der Waals surface area contributed by atoms with Crippen LogP contribution in [-0.2, 0) is 0 Å². The van der Waals surface area contributed by atoms with Crippen molar-refractivity contribution in [1.82, 2.24) is 4.98 Å². The van der Waals surface area contributed by atoms with E-state index >= 15 is 0 Å². The maximum atomic E-state index is 5.69. The first-order valence-corrected chi connectivity index (χ1v) is 3.35. The van der Waals surface area contributed by atoms with Gasteiger partial charge in [-0.25, -0.2) is 4.98 Å². The van der Waals surface area contributed by atoms with Crippen LogP contribution in [-0.4, -0.2) is 19.9 Å². The molecule has 1 rings (SSSR count). The molecule has 0 fully saturated rings. The van der Waals surface area contributed by atoms with Crippen molar-refractivity contribution in [3.8, 4) is 0 Å². The van der Waals surface area contributed by atoms with Crippen LogP contribution in [0.15, 0.2) is 6.20 Å². The second kappa shape index (κ2) is 2.82. The first-order valence-electron chi connectivity index (χ1n) is 3.35. The van der Waals surface area contributed by atoms with Gasteiger partial charge in [0.1, 0.15) is 13.7 Å². The van der Waals surface area contributed by atoms with E-state index in [2.05, 4.69) is 10.3 Å². The van der Waals surface area contributed by atoms with Gasteiger partial charge in [-0.2, -0.15) is 0 Å². The number of nitrogen functional groups attached to an aromatic ring is 1. The van der Waals surface area contributed by atoms with Crippen molar-refractivity contribution in [2.45, 2.75) is 6.92 Å². The number of nitrogens with one attached hydrogen (secondary N) is 1. The summed E-state index contributed by atoms with van der Waals surface area (Å²) < 4.78 is 0. The summed E-state index contributed by atoms with van der Waals surface area (Å²) in [7, 11) is 7.35. The molecule has 0 aliphatic carbocycles. The van der Waals surface area contributed by atoms with Gasteiger partial charge in [0, 0.05) is 13.2 Å². The Balaban J connectivity index is 3.25. The number of hydrogen-bond acceptors (Lipinski definition) is 3. The van der Waals surface area contributed by atoms with Crippen LogP contribution in [0.2, 0.25) is 0 Å². The third-order valence-corrected chi connectivity index (χ3v) is 1.66. The standard InChI is InChI=1S/C7H10BN3/c1-4-5(8)3-11-7(10-2)6(4)9/h3H,9H2,1-2H3,(H,10,11). The Morgan fingerprint density at radius 1 is 1.64 bits per heavy atom. The minimum absolute atomic E-state index is 0.618. The van der Waals surface area contributed by atoms with Crippen molar-refractivity contribution < 1.29 is 0 Å². The summed E-state index contributed by atoms with van der Waals surface area (Å²) in [5, 5.41) is 2.87. The molecule has 56 valence electrons. The lowest BCUT2D eigenvalue weighted by Gasteiger charge is -2.08. The molecule has 0 aromatic carbocycles. The van der Waals surface area contributed by atoms with Gasteiger partial charge in [-0.15, -0.1) is 0 Å². The summed E-state index contributed by atoms with van der Waals surface area (Å²) in [5.74, 6) is 0.678. The van der Waals surface area contributed by atoms with Crippen LogP contribution in [0.1, 0.15) is 5.56 Å². The van der Waals surface area contributed by atoms with Gasteiger partial charge in [-0.1, -0.05) is 5.46 Å². The normalized spacial score (nSPS) is 9.64. The van der Waals surface area contributed by atoms with Crippen molar-refractivity contribution in [2.24, 2.45) is 0 Å². The van der Waals surface area contributed by atoms with Crippen LogP contribution in [0, 0.1) is 6.92 Å². The smallest absolute Gasteiger partial charge is 0.149 e. The number of nitrogens with zero attached hydrogens (tertiary/aromatic N) is 1. The molecule has 1 heterocycles. The molecule has 0 aliphatic heterocycles. The third kappa shape index (κ3) is 1.29. The van der Waals surface area contributed by atoms with Crippen molar-refractivity contribution in [1.29, 1.82) is 0 Å². The number of anilines is 2. The SMILES string of the molecule is [B]c1cnc(NC)c(N)c1C. The predicted molar refractivity (Wildman–Crippen MR) is 48.3 cm³/mol. The van der Waals surface area contributed by atoms with E-state index in [0.717, 1.165) is 5.56 Å². The van der Waals surface area contributed by atoms with Gasteiger partial charge in [-0.05, 0) is 12.5 Å². The molecule has 0 atom stereocenters. The Hall–Kier alpha value is -1.19. The number of nitrogens with two attached hydrogens (primary N) is 1. The fraction of sp³-hybridized carbons (Fsp3) is 0.286. The Kier molecular flexibility index (Phi) is 2.03. The minimum atomic E-state index is 0.618. The lowest BCUT2D eigenvalue weighted by Crippen LogP contribution is -2.13. The lowest BCUT2D eigenvalue weighted by molar-refractivity contribution is 1.28. The van der Waals surface area contributed by atoms with Crippen LogP contribution in [0.5, 0.6) is 0 Å². The van der Waals surface area contributed by atoms with E-state index in [1.165, 1.54) is 0 Å². The van der Waals surface area contributed by atoms with Crippen molar-refractivity contribution in [3.05, 3.63) is 11.8 Å². The molecule has 11 heavy (non-hydrogen) atoms. The zero-order chi connectivity index (χ0) is 8.43. The predicted octanol–water partition coefficient (Wildman–Crippen LogP) is -0.192. The first-order chi connectivity index (χ1) is 5.16. The average molecular weight is 147 g/mol. The number of hydrogen-bond donors (Lipinski definition) is 2. The maximum absolute atomic E-state index is 5.69. The van der Waals surface area contributed by atoms with Crippen LogP contribution in [0.25, 0.3) is 0 Å². The first kappa shape index (κ1) is 7.92. The molecule has 1 aromatic rings. The molecule has 2 radical (unpaired) electrons. The van der Waals surface area contributed by atoms with E-state index in [1.807, 2.05) is 6.92 Å². The fourth-order valence-corrected chi connectivity index (χ4v) is 0.833. The average Bonchev–Trinajstić information content (AvgIpc) is 2.01. The van der Waals surface area contributed by atoms with Crippen LogP contribution in [0.3, 0.4) is 0 Å². The van der Waals surface area contributed by atoms with Crippen molar-refractivity contribution in [3.63, 3.8) is 0 Å². The minimum Gasteiger partial charge on any atom is -0.396 e. The van der Waals surface area contributed by atoms with Gasteiger partial charge < -0.3 is 11.1 Å². The lowest BCUT2D eigenvalue weighted by atomic mass is 9.92. The summed E-state index contributed by atoms with van der Waals surface area (Å²) in [6.45, 7) is 1.87.